The highest BCUT2D eigenvalue weighted by Crippen LogP contribution is 2.26. The molecular formula is C19H19N5O3S. The lowest BCUT2D eigenvalue weighted by Crippen LogP contribution is -2.15. The third-order valence-electron chi connectivity index (χ3n) is 4.06. The van der Waals surface area contributed by atoms with E-state index < -0.39 is 4.92 Å². The summed E-state index contributed by atoms with van der Waals surface area (Å²) < 4.78 is 0. The number of aromatic nitrogens is 3. The number of benzene rings is 2. The van der Waals surface area contributed by atoms with Gasteiger partial charge in [-0.15, -0.1) is 5.10 Å². The Hall–Kier alpha value is -3.20. The number of rotatable bonds is 7. The molecule has 0 aliphatic heterocycles. The molecule has 1 aromatic heterocycles. The maximum Gasteiger partial charge on any atom is 0.293 e. The second-order valence-electron chi connectivity index (χ2n) is 6.13. The van der Waals surface area contributed by atoms with Gasteiger partial charge >= 0.3 is 0 Å². The van der Waals surface area contributed by atoms with Crippen LogP contribution in [0.4, 0.5) is 11.4 Å². The van der Waals surface area contributed by atoms with Crippen LogP contribution >= 0.6 is 11.8 Å². The first-order chi connectivity index (χ1) is 13.5. The number of nitrogens with zero attached hydrogens (tertiary/aromatic N) is 3. The zero-order valence-electron chi connectivity index (χ0n) is 15.4. The molecule has 1 heterocycles. The minimum absolute atomic E-state index is 0.0388. The number of thioether (sulfide) groups is 1. The fourth-order valence-electron chi connectivity index (χ4n) is 2.55. The zero-order valence-corrected chi connectivity index (χ0v) is 16.2. The number of H-pyrrole nitrogens is 1. The van der Waals surface area contributed by atoms with Gasteiger partial charge in [0.1, 0.15) is 5.69 Å². The van der Waals surface area contributed by atoms with Crippen LogP contribution in [0.2, 0.25) is 0 Å². The fourth-order valence-corrected chi connectivity index (χ4v) is 3.15. The largest absolute Gasteiger partial charge is 0.320 e. The summed E-state index contributed by atoms with van der Waals surface area (Å²) in [5.41, 5.74) is 2.94. The number of aromatic amines is 1. The molecule has 144 valence electrons. The molecule has 2 aromatic carbocycles. The zero-order chi connectivity index (χ0) is 20.1. The highest BCUT2D eigenvalue weighted by Gasteiger charge is 2.16. The standard InChI is InChI=1S/C19H19N5O3S/c1-3-13-5-7-14(8-6-13)18-21-19(23-22-18)28-11-17(25)20-15-9-4-12(2)10-16(15)24(26)27/h4-10H,3,11H2,1-2H3,(H,20,25)(H,21,22,23). The van der Waals surface area contributed by atoms with Crippen LogP contribution in [-0.4, -0.2) is 31.8 Å². The van der Waals surface area contributed by atoms with Crippen LogP contribution in [0, 0.1) is 17.0 Å². The molecule has 0 bridgehead atoms. The third kappa shape index (κ3) is 4.74. The molecule has 0 aliphatic rings. The Kier molecular flexibility index (Phi) is 6.05. The summed E-state index contributed by atoms with van der Waals surface area (Å²) >= 11 is 1.15. The van der Waals surface area contributed by atoms with E-state index in [0.29, 0.717) is 11.0 Å². The van der Waals surface area contributed by atoms with Gasteiger partial charge in [-0.05, 0) is 30.5 Å². The van der Waals surface area contributed by atoms with Gasteiger partial charge in [-0.3, -0.25) is 20.0 Å². The van der Waals surface area contributed by atoms with Crippen LogP contribution in [0.3, 0.4) is 0 Å². The van der Waals surface area contributed by atoms with Crippen LogP contribution in [0.5, 0.6) is 0 Å². The maximum atomic E-state index is 12.2. The Morgan fingerprint density at radius 2 is 2.00 bits per heavy atom. The Bertz CT molecular complexity index is 1000. The Labute approximate surface area is 165 Å². The first kappa shape index (κ1) is 19.6. The molecule has 0 spiro atoms. The van der Waals surface area contributed by atoms with Crippen molar-refractivity contribution in [2.45, 2.75) is 25.4 Å². The number of hydrogen-bond acceptors (Lipinski definition) is 6. The average molecular weight is 397 g/mol. The van der Waals surface area contributed by atoms with E-state index in [1.165, 1.54) is 17.7 Å². The molecule has 28 heavy (non-hydrogen) atoms. The van der Waals surface area contributed by atoms with Crippen molar-refractivity contribution in [2.75, 3.05) is 11.1 Å². The summed E-state index contributed by atoms with van der Waals surface area (Å²) in [6.45, 7) is 3.85. The minimum Gasteiger partial charge on any atom is -0.320 e. The molecule has 0 fully saturated rings. The number of anilines is 1. The van der Waals surface area contributed by atoms with Crippen molar-refractivity contribution in [1.29, 1.82) is 0 Å². The second-order valence-corrected chi connectivity index (χ2v) is 7.07. The molecule has 2 N–H and O–H groups in total. The third-order valence-corrected chi connectivity index (χ3v) is 4.90. The van der Waals surface area contributed by atoms with Gasteiger partial charge in [-0.2, -0.15) is 0 Å². The van der Waals surface area contributed by atoms with Gasteiger partial charge in [0.15, 0.2) is 5.82 Å². The summed E-state index contributed by atoms with van der Waals surface area (Å²) in [5.74, 6) is 0.298. The normalized spacial score (nSPS) is 10.6. The summed E-state index contributed by atoms with van der Waals surface area (Å²) in [4.78, 5) is 27.2. The monoisotopic (exact) mass is 397 g/mol. The number of amides is 1. The molecule has 0 unspecified atom stereocenters. The minimum atomic E-state index is -0.513. The Morgan fingerprint density at radius 3 is 2.68 bits per heavy atom. The lowest BCUT2D eigenvalue weighted by atomic mass is 10.1. The van der Waals surface area contributed by atoms with Gasteiger partial charge in [-0.25, -0.2) is 4.98 Å². The van der Waals surface area contributed by atoms with Gasteiger partial charge in [0.25, 0.3) is 5.69 Å². The summed E-state index contributed by atoms with van der Waals surface area (Å²) in [6, 6.07) is 12.7. The first-order valence-corrected chi connectivity index (χ1v) is 9.64. The molecule has 0 saturated carbocycles. The Balaban J connectivity index is 1.61. The van der Waals surface area contributed by atoms with E-state index in [-0.39, 0.29) is 23.0 Å². The molecule has 9 heteroatoms. The van der Waals surface area contributed by atoms with E-state index in [1.807, 2.05) is 24.3 Å². The van der Waals surface area contributed by atoms with Gasteiger partial charge in [-0.1, -0.05) is 49.0 Å². The van der Waals surface area contributed by atoms with Crippen molar-refractivity contribution in [3.8, 4) is 11.4 Å². The van der Waals surface area contributed by atoms with Crippen LogP contribution in [0.25, 0.3) is 11.4 Å². The lowest BCUT2D eigenvalue weighted by Gasteiger charge is -2.05. The van der Waals surface area contributed by atoms with Crippen molar-refractivity contribution in [3.05, 3.63) is 63.7 Å². The number of hydrogen-bond donors (Lipinski definition) is 2. The molecule has 8 nitrogen and oxygen atoms in total. The van der Waals surface area contributed by atoms with E-state index in [9.17, 15) is 14.9 Å². The quantitative estimate of drug-likeness (QED) is 0.354. The van der Waals surface area contributed by atoms with E-state index >= 15 is 0 Å². The van der Waals surface area contributed by atoms with E-state index in [1.54, 1.807) is 13.0 Å². The van der Waals surface area contributed by atoms with Crippen molar-refractivity contribution in [1.82, 2.24) is 15.2 Å². The Morgan fingerprint density at radius 1 is 1.25 bits per heavy atom. The maximum absolute atomic E-state index is 12.2. The summed E-state index contributed by atoms with van der Waals surface area (Å²) in [6.07, 6.45) is 0.964. The predicted molar refractivity (Wildman–Crippen MR) is 108 cm³/mol. The molecule has 0 atom stereocenters. The van der Waals surface area contributed by atoms with E-state index in [0.717, 1.165) is 29.3 Å². The van der Waals surface area contributed by atoms with Crippen LogP contribution < -0.4 is 5.32 Å². The van der Waals surface area contributed by atoms with Crippen molar-refractivity contribution >= 4 is 29.0 Å². The summed E-state index contributed by atoms with van der Waals surface area (Å²) in [7, 11) is 0. The lowest BCUT2D eigenvalue weighted by molar-refractivity contribution is -0.384. The number of nitrogens with one attached hydrogen (secondary N) is 2. The fraction of sp³-hybridized carbons (Fsp3) is 0.211. The number of nitro groups is 1. The van der Waals surface area contributed by atoms with Crippen molar-refractivity contribution in [3.63, 3.8) is 0 Å². The molecule has 3 aromatic rings. The topological polar surface area (TPSA) is 114 Å². The van der Waals surface area contributed by atoms with Crippen molar-refractivity contribution in [2.24, 2.45) is 0 Å². The van der Waals surface area contributed by atoms with Gasteiger partial charge in [0.05, 0.1) is 10.7 Å². The van der Waals surface area contributed by atoms with Crippen LogP contribution in [0.1, 0.15) is 18.1 Å². The number of carbonyl (C=O) groups excluding carboxylic acids is 1. The van der Waals surface area contributed by atoms with Crippen molar-refractivity contribution < 1.29 is 9.72 Å². The molecule has 1 amide bonds. The highest BCUT2D eigenvalue weighted by molar-refractivity contribution is 7.99. The van der Waals surface area contributed by atoms with Crippen LogP contribution in [-0.2, 0) is 11.2 Å². The van der Waals surface area contributed by atoms with Crippen LogP contribution in [0.15, 0.2) is 47.6 Å². The highest BCUT2D eigenvalue weighted by atomic mass is 32.2. The molecule has 0 radical (unpaired) electrons. The molecule has 0 aliphatic carbocycles. The molecule has 3 rings (SSSR count). The van der Waals surface area contributed by atoms with Gasteiger partial charge < -0.3 is 5.32 Å². The average Bonchev–Trinajstić information content (AvgIpc) is 3.17. The van der Waals surface area contributed by atoms with E-state index in [2.05, 4.69) is 27.4 Å². The number of carbonyl (C=O) groups is 1. The smallest absolute Gasteiger partial charge is 0.293 e. The molecule has 0 saturated heterocycles. The van der Waals surface area contributed by atoms with Gasteiger partial charge in [0.2, 0.25) is 11.1 Å². The second kappa shape index (κ2) is 8.66. The SMILES string of the molecule is CCc1ccc(-c2nc(SCC(=O)Nc3ccc(C)cc3[N+](=O)[O-])n[nH]2)cc1. The predicted octanol–water partition coefficient (Wildman–Crippen LogP) is 3.98. The number of nitro benzene ring substituents is 1. The van der Waals surface area contributed by atoms with E-state index in [4.69, 9.17) is 0 Å². The van der Waals surface area contributed by atoms with Gasteiger partial charge in [0, 0.05) is 11.6 Å². The molecular weight excluding hydrogens is 378 g/mol. The summed E-state index contributed by atoms with van der Waals surface area (Å²) in [5, 5.41) is 21.1. The first-order valence-electron chi connectivity index (χ1n) is 8.65. The number of aryl methyl sites for hydroxylation is 2.